The van der Waals surface area contributed by atoms with Crippen LogP contribution >= 0.6 is 15.9 Å². The summed E-state index contributed by atoms with van der Waals surface area (Å²) in [5.74, 6) is 0. The van der Waals surface area contributed by atoms with Crippen molar-refractivity contribution in [1.29, 1.82) is 0 Å². The molecular formula is C19H12BrN. The van der Waals surface area contributed by atoms with Crippen LogP contribution in [0, 0.1) is 0 Å². The van der Waals surface area contributed by atoms with Crippen LogP contribution in [0.5, 0.6) is 0 Å². The Morgan fingerprint density at radius 3 is 2.57 bits per heavy atom. The molecule has 0 bridgehead atoms. The molecule has 0 saturated carbocycles. The van der Waals surface area contributed by atoms with Crippen molar-refractivity contribution in [2.24, 2.45) is 0 Å². The quantitative estimate of drug-likeness (QED) is 0.376. The van der Waals surface area contributed by atoms with Crippen LogP contribution in [0.15, 0.2) is 59.1 Å². The number of nitrogens with one attached hydrogen (secondary N) is 1. The Balaban J connectivity index is 1.99. The highest BCUT2D eigenvalue weighted by atomic mass is 79.9. The third-order valence-electron chi connectivity index (χ3n) is 4.51. The minimum Gasteiger partial charge on any atom is -0.353 e. The fourth-order valence-electron chi connectivity index (χ4n) is 3.58. The van der Waals surface area contributed by atoms with Crippen molar-refractivity contribution in [3.63, 3.8) is 0 Å². The average Bonchev–Trinajstić information content (AvgIpc) is 3.05. The predicted molar refractivity (Wildman–Crippen MR) is 91.7 cm³/mol. The van der Waals surface area contributed by atoms with E-state index in [1.165, 1.54) is 44.1 Å². The molecule has 21 heavy (non-hydrogen) atoms. The van der Waals surface area contributed by atoms with Gasteiger partial charge < -0.3 is 4.98 Å². The predicted octanol–water partition coefficient (Wildman–Crippen LogP) is 5.65. The van der Waals surface area contributed by atoms with Crippen molar-refractivity contribution in [2.75, 3.05) is 0 Å². The van der Waals surface area contributed by atoms with E-state index < -0.39 is 0 Å². The van der Waals surface area contributed by atoms with Crippen molar-refractivity contribution in [2.45, 2.75) is 6.42 Å². The normalized spacial score (nSPS) is 12.8. The molecule has 0 radical (unpaired) electrons. The molecule has 0 spiro atoms. The van der Waals surface area contributed by atoms with Gasteiger partial charge in [0.25, 0.3) is 0 Å². The number of aromatic amines is 1. The lowest BCUT2D eigenvalue weighted by Crippen LogP contribution is -1.80. The third kappa shape index (κ3) is 1.46. The van der Waals surface area contributed by atoms with Crippen LogP contribution in [0.25, 0.3) is 32.9 Å². The Labute approximate surface area is 130 Å². The lowest BCUT2D eigenvalue weighted by Gasteiger charge is -2.02. The van der Waals surface area contributed by atoms with Crippen molar-refractivity contribution in [1.82, 2.24) is 4.98 Å². The van der Waals surface area contributed by atoms with Gasteiger partial charge in [0.1, 0.15) is 0 Å². The summed E-state index contributed by atoms with van der Waals surface area (Å²) in [4.78, 5) is 3.64. The maximum Gasteiger partial charge on any atom is 0.0609 e. The largest absolute Gasteiger partial charge is 0.353 e. The van der Waals surface area contributed by atoms with Crippen LogP contribution in [-0.4, -0.2) is 4.98 Å². The maximum absolute atomic E-state index is 3.66. The van der Waals surface area contributed by atoms with Crippen molar-refractivity contribution < 1.29 is 0 Å². The minimum absolute atomic E-state index is 1.04. The first kappa shape index (κ1) is 11.6. The van der Waals surface area contributed by atoms with Gasteiger partial charge in [-0.2, -0.15) is 0 Å². The van der Waals surface area contributed by atoms with Crippen molar-refractivity contribution in [3.05, 3.63) is 70.2 Å². The van der Waals surface area contributed by atoms with Crippen molar-refractivity contribution >= 4 is 37.7 Å². The van der Waals surface area contributed by atoms with Gasteiger partial charge in [0, 0.05) is 20.8 Å². The fraction of sp³-hybridized carbons (Fsp3) is 0.0526. The highest BCUT2D eigenvalue weighted by molar-refractivity contribution is 9.10. The number of H-pyrrole nitrogens is 1. The van der Waals surface area contributed by atoms with Gasteiger partial charge >= 0.3 is 0 Å². The SMILES string of the molecule is Brc1cccc2c1[nH]c1c3c(ccc12)Cc1ccccc1-3. The number of hydrogen-bond donors (Lipinski definition) is 1. The van der Waals surface area contributed by atoms with E-state index in [4.69, 9.17) is 0 Å². The summed E-state index contributed by atoms with van der Waals surface area (Å²) < 4.78 is 1.12. The zero-order valence-electron chi connectivity index (χ0n) is 11.3. The second kappa shape index (κ2) is 3.99. The first-order chi connectivity index (χ1) is 10.3. The number of aromatic nitrogens is 1. The standard InChI is InChI=1S/C19H12BrN/c20-16-7-3-6-14-15-9-8-12-10-11-4-1-2-5-13(11)17(12)19(15)21-18(14)16/h1-9,21H,10H2. The van der Waals surface area contributed by atoms with Crippen LogP contribution in [0.3, 0.4) is 0 Å². The smallest absolute Gasteiger partial charge is 0.0609 e. The summed E-state index contributed by atoms with van der Waals surface area (Å²) in [7, 11) is 0. The van der Waals surface area contributed by atoms with Gasteiger partial charge in [-0.3, -0.25) is 0 Å². The second-order valence-corrected chi connectivity index (χ2v) is 6.50. The van der Waals surface area contributed by atoms with E-state index in [-0.39, 0.29) is 0 Å². The molecule has 1 aliphatic rings. The maximum atomic E-state index is 3.66. The lowest BCUT2D eigenvalue weighted by atomic mass is 10.0. The molecular weight excluding hydrogens is 322 g/mol. The van der Waals surface area contributed by atoms with E-state index in [0.717, 1.165) is 10.9 Å². The summed E-state index contributed by atoms with van der Waals surface area (Å²) in [6, 6.07) is 19.6. The zero-order chi connectivity index (χ0) is 14.0. The molecule has 1 aliphatic carbocycles. The van der Waals surface area contributed by atoms with Gasteiger partial charge in [0.15, 0.2) is 0 Å². The molecule has 0 unspecified atom stereocenters. The van der Waals surface area contributed by atoms with Crippen LogP contribution in [0.2, 0.25) is 0 Å². The van der Waals surface area contributed by atoms with Gasteiger partial charge in [0.2, 0.25) is 0 Å². The monoisotopic (exact) mass is 333 g/mol. The first-order valence-electron chi connectivity index (χ1n) is 7.13. The van der Waals surface area contributed by atoms with E-state index >= 15 is 0 Å². The number of rotatable bonds is 0. The molecule has 0 saturated heterocycles. The highest BCUT2D eigenvalue weighted by Crippen LogP contribution is 2.43. The Morgan fingerprint density at radius 2 is 1.62 bits per heavy atom. The molecule has 0 atom stereocenters. The highest BCUT2D eigenvalue weighted by Gasteiger charge is 2.22. The van der Waals surface area contributed by atoms with E-state index in [9.17, 15) is 0 Å². The van der Waals surface area contributed by atoms with Crippen LogP contribution in [0.4, 0.5) is 0 Å². The topological polar surface area (TPSA) is 15.8 Å². The van der Waals surface area contributed by atoms with Crippen molar-refractivity contribution in [3.8, 4) is 11.1 Å². The van der Waals surface area contributed by atoms with Gasteiger partial charge in [-0.15, -0.1) is 0 Å². The molecule has 1 aromatic heterocycles. The minimum atomic E-state index is 1.04. The van der Waals surface area contributed by atoms with Gasteiger partial charge in [-0.25, -0.2) is 0 Å². The Kier molecular flexibility index (Phi) is 2.20. The molecule has 4 aromatic rings. The number of para-hydroxylation sites is 1. The molecule has 3 aromatic carbocycles. The Morgan fingerprint density at radius 1 is 0.762 bits per heavy atom. The van der Waals surface area contributed by atoms with Crippen LogP contribution in [0.1, 0.15) is 11.1 Å². The summed E-state index contributed by atoms with van der Waals surface area (Å²) in [6.07, 6.45) is 1.04. The van der Waals surface area contributed by atoms with Crippen LogP contribution in [-0.2, 0) is 6.42 Å². The second-order valence-electron chi connectivity index (χ2n) is 5.64. The molecule has 1 heterocycles. The Hall–Kier alpha value is -2.06. The molecule has 100 valence electrons. The third-order valence-corrected chi connectivity index (χ3v) is 5.17. The molecule has 0 fully saturated rings. The number of benzene rings is 3. The number of halogens is 1. The molecule has 1 N–H and O–H groups in total. The van der Waals surface area contributed by atoms with Gasteiger partial charge in [-0.1, -0.05) is 48.5 Å². The summed E-state index contributed by atoms with van der Waals surface area (Å²) in [5, 5.41) is 2.59. The number of fused-ring (bicyclic) bond motifs is 7. The average molecular weight is 334 g/mol. The molecule has 1 nitrogen and oxygen atoms in total. The molecule has 0 amide bonds. The van der Waals surface area contributed by atoms with E-state index in [1.807, 2.05) is 0 Å². The first-order valence-corrected chi connectivity index (χ1v) is 7.92. The summed E-state index contributed by atoms with van der Waals surface area (Å²) in [5.41, 5.74) is 8.06. The molecule has 0 aliphatic heterocycles. The zero-order valence-corrected chi connectivity index (χ0v) is 12.9. The molecule has 5 rings (SSSR count). The Bertz CT molecular complexity index is 1030. The summed E-state index contributed by atoms with van der Waals surface area (Å²) >= 11 is 3.66. The van der Waals surface area contributed by atoms with E-state index in [2.05, 4.69) is 75.5 Å². The van der Waals surface area contributed by atoms with E-state index in [0.29, 0.717) is 0 Å². The van der Waals surface area contributed by atoms with E-state index in [1.54, 1.807) is 0 Å². The van der Waals surface area contributed by atoms with Crippen LogP contribution < -0.4 is 0 Å². The molecule has 2 heteroatoms. The summed E-state index contributed by atoms with van der Waals surface area (Å²) in [6.45, 7) is 0. The fourth-order valence-corrected chi connectivity index (χ4v) is 4.04. The van der Waals surface area contributed by atoms with Gasteiger partial charge in [0.05, 0.1) is 11.0 Å². The number of hydrogen-bond acceptors (Lipinski definition) is 0. The van der Waals surface area contributed by atoms with Gasteiger partial charge in [-0.05, 0) is 45.1 Å². The lowest BCUT2D eigenvalue weighted by molar-refractivity contribution is 1.27.